The van der Waals surface area contributed by atoms with E-state index in [1.807, 2.05) is 0 Å². The lowest BCUT2D eigenvalue weighted by molar-refractivity contribution is 0.444. The van der Waals surface area contributed by atoms with Gasteiger partial charge in [-0.3, -0.25) is 0 Å². The van der Waals surface area contributed by atoms with Gasteiger partial charge in [-0.25, -0.2) is 0 Å². The van der Waals surface area contributed by atoms with Crippen LogP contribution in [0.5, 0.6) is 0 Å². The molecule has 2 fully saturated rings. The van der Waals surface area contributed by atoms with E-state index in [4.69, 9.17) is 0 Å². The van der Waals surface area contributed by atoms with Gasteiger partial charge in [0.15, 0.2) is 0 Å². The fraction of sp³-hybridized carbons (Fsp3) is 0.333. The summed E-state index contributed by atoms with van der Waals surface area (Å²) in [6.45, 7) is 7.01. The third-order valence-electron chi connectivity index (χ3n) is 12.1. The van der Waals surface area contributed by atoms with Gasteiger partial charge in [-0.2, -0.15) is 0 Å². The first-order valence-corrected chi connectivity index (χ1v) is 18.7. The smallest absolute Gasteiger partial charge is 0.252 e. The van der Waals surface area contributed by atoms with Crippen molar-refractivity contribution in [3.8, 4) is 0 Å². The number of fused-ring (bicyclic) bond motifs is 4. The van der Waals surface area contributed by atoms with E-state index >= 15 is 0 Å². The molecule has 2 heterocycles. The van der Waals surface area contributed by atoms with Crippen LogP contribution in [0.15, 0.2) is 97.1 Å². The maximum Gasteiger partial charge on any atom is 0.252 e. The lowest BCUT2D eigenvalue weighted by Crippen LogP contribution is -2.61. The highest BCUT2D eigenvalue weighted by Gasteiger charge is 2.44. The molecule has 9 rings (SSSR count). The summed E-state index contributed by atoms with van der Waals surface area (Å²) >= 11 is 0. The van der Waals surface area contributed by atoms with Crippen LogP contribution in [0.3, 0.4) is 0 Å². The monoisotopic (exact) mass is 626 g/mol. The van der Waals surface area contributed by atoms with Gasteiger partial charge >= 0.3 is 0 Å². The zero-order chi connectivity index (χ0) is 32.4. The molecule has 5 aromatic rings. The van der Waals surface area contributed by atoms with Crippen LogP contribution in [-0.4, -0.2) is 6.71 Å². The van der Waals surface area contributed by atoms with Crippen molar-refractivity contribution in [1.82, 2.24) is 0 Å². The molecule has 3 heteroatoms. The number of rotatable bonds is 4. The minimum absolute atomic E-state index is 0.188. The summed E-state index contributed by atoms with van der Waals surface area (Å²) in [5.41, 5.74) is 19.3. The van der Waals surface area contributed by atoms with E-state index in [9.17, 15) is 0 Å². The van der Waals surface area contributed by atoms with Crippen LogP contribution in [0.4, 0.5) is 34.1 Å². The Kier molecular flexibility index (Phi) is 7.48. The molecule has 0 aromatic heterocycles. The Labute approximate surface area is 287 Å². The van der Waals surface area contributed by atoms with Crippen LogP contribution in [0, 0.1) is 20.8 Å². The zero-order valence-corrected chi connectivity index (χ0v) is 28.9. The van der Waals surface area contributed by atoms with Crippen molar-refractivity contribution in [2.24, 2.45) is 0 Å². The van der Waals surface area contributed by atoms with E-state index in [0.717, 1.165) is 0 Å². The highest BCUT2D eigenvalue weighted by molar-refractivity contribution is 7.00. The number of hydrogen-bond donors (Lipinski definition) is 0. The predicted molar refractivity (Wildman–Crippen MR) is 206 cm³/mol. The predicted octanol–water partition coefficient (Wildman–Crippen LogP) is 10.8. The number of nitrogens with zero attached hydrogens (tertiary/aromatic N) is 2. The van der Waals surface area contributed by atoms with E-state index in [2.05, 4.69) is 128 Å². The fourth-order valence-corrected chi connectivity index (χ4v) is 9.71. The lowest BCUT2D eigenvalue weighted by Gasteiger charge is -2.45. The van der Waals surface area contributed by atoms with Gasteiger partial charge in [0.05, 0.1) is 0 Å². The summed E-state index contributed by atoms with van der Waals surface area (Å²) in [6, 6.07) is 38.1. The molecule has 2 saturated carbocycles. The molecule has 2 nitrogen and oxygen atoms in total. The summed E-state index contributed by atoms with van der Waals surface area (Å²) in [4.78, 5) is 5.20. The van der Waals surface area contributed by atoms with Crippen molar-refractivity contribution < 1.29 is 0 Å². The molecule has 2 aliphatic heterocycles. The first-order valence-electron chi connectivity index (χ1n) is 18.7. The normalized spacial score (nSPS) is 17.6. The van der Waals surface area contributed by atoms with Crippen LogP contribution in [-0.2, 0) is 0 Å². The van der Waals surface area contributed by atoms with Gasteiger partial charge < -0.3 is 9.80 Å². The molecule has 4 aliphatic rings. The summed E-state index contributed by atoms with van der Waals surface area (Å²) in [5, 5.41) is 0. The van der Waals surface area contributed by atoms with Crippen molar-refractivity contribution in [3.63, 3.8) is 0 Å². The molecule has 0 spiro atoms. The molecule has 0 saturated heterocycles. The third-order valence-corrected chi connectivity index (χ3v) is 12.1. The molecule has 5 aromatic carbocycles. The topological polar surface area (TPSA) is 6.48 Å². The van der Waals surface area contributed by atoms with Crippen LogP contribution < -0.4 is 26.2 Å². The van der Waals surface area contributed by atoms with Crippen LogP contribution in [0.25, 0.3) is 0 Å². The zero-order valence-electron chi connectivity index (χ0n) is 28.9. The second kappa shape index (κ2) is 12.0. The Hall–Kier alpha value is -4.24. The van der Waals surface area contributed by atoms with E-state index in [0.29, 0.717) is 11.8 Å². The molecule has 48 heavy (non-hydrogen) atoms. The Balaban J connectivity index is 1.35. The molecule has 0 amide bonds. The minimum atomic E-state index is 0.188. The molecular formula is C45H47BN2. The van der Waals surface area contributed by atoms with Gasteiger partial charge in [0.25, 0.3) is 6.71 Å². The summed E-state index contributed by atoms with van der Waals surface area (Å²) in [7, 11) is 0. The largest absolute Gasteiger partial charge is 0.311 e. The second-order valence-corrected chi connectivity index (χ2v) is 15.2. The molecule has 0 N–H and O–H groups in total. The Morgan fingerprint density at radius 2 is 0.896 bits per heavy atom. The molecular weight excluding hydrogens is 579 g/mol. The highest BCUT2D eigenvalue weighted by Crippen LogP contribution is 2.47. The summed E-state index contributed by atoms with van der Waals surface area (Å²) in [5.74, 6) is 1.32. The molecule has 0 radical (unpaired) electrons. The van der Waals surface area contributed by atoms with Crippen molar-refractivity contribution in [3.05, 3.63) is 125 Å². The van der Waals surface area contributed by atoms with Gasteiger partial charge in [-0.05, 0) is 139 Å². The van der Waals surface area contributed by atoms with Crippen molar-refractivity contribution >= 4 is 57.2 Å². The summed E-state index contributed by atoms with van der Waals surface area (Å²) < 4.78 is 0. The number of para-hydroxylation sites is 2. The van der Waals surface area contributed by atoms with Gasteiger partial charge in [-0.1, -0.05) is 99.2 Å². The quantitative estimate of drug-likeness (QED) is 0.179. The van der Waals surface area contributed by atoms with Crippen molar-refractivity contribution in [2.45, 2.75) is 96.8 Å². The van der Waals surface area contributed by atoms with Crippen LogP contribution >= 0.6 is 0 Å². The molecule has 0 atom stereocenters. The molecule has 0 unspecified atom stereocenters. The molecule has 0 bridgehead atoms. The van der Waals surface area contributed by atoms with E-state index in [1.165, 1.54) is 131 Å². The van der Waals surface area contributed by atoms with Crippen LogP contribution in [0.2, 0.25) is 0 Å². The maximum absolute atomic E-state index is 2.65. The Morgan fingerprint density at radius 3 is 1.33 bits per heavy atom. The number of anilines is 6. The average molecular weight is 627 g/mol. The SMILES string of the molecule is Cc1cc2c3c(c1)N(c1ccccc1C)c1ccc(C4CCCCC4)cc1B3c1cc(C3CCCCC3)ccc1N2c1ccccc1C. The van der Waals surface area contributed by atoms with Gasteiger partial charge in [0, 0.05) is 34.1 Å². The number of aryl methyl sites for hydroxylation is 3. The maximum atomic E-state index is 2.65. The lowest BCUT2D eigenvalue weighted by atomic mass is 9.33. The van der Waals surface area contributed by atoms with Crippen LogP contribution in [0.1, 0.15) is 104 Å². The van der Waals surface area contributed by atoms with Crippen molar-refractivity contribution in [1.29, 1.82) is 0 Å². The van der Waals surface area contributed by atoms with Gasteiger partial charge in [0.2, 0.25) is 0 Å². The third kappa shape index (κ3) is 4.84. The number of benzene rings is 5. The van der Waals surface area contributed by atoms with Crippen molar-refractivity contribution in [2.75, 3.05) is 9.80 Å². The first-order chi connectivity index (χ1) is 23.6. The molecule has 2 aliphatic carbocycles. The first kappa shape index (κ1) is 29.9. The van der Waals surface area contributed by atoms with Gasteiger partial charge in [-0.15, -0.1) is 0 Å². The average Bonchev–Trinajstić information content (AvgIpc) is 3.13. The minimum Gasteiger partial charge on any atom is -0.311 e. The Morgan fingerprint density at radius 1 is 0.458 bits per heavy atom. The highest BCUT2D eigenvalue weighted by atomic mass is 15.2. The number of hydrogen-bond acceptors (Lipinski definition) is 2. The molecule has 240 valence electrons. The second-order valence-electron chi connectivity index (χ2n) is 15.2. The van der Waals surface area contributed by atoms with E-state index < -0.39 is 0 Å². The van der Waals surface area contributed by atoms with E-state index in [1.54, 1.807) is 11.1 Å². The van der Waals surface area contributed by atoms with Gasteiger partial charge in [0.1, 0.15) is 0 Å². The fourth-order valence-electron chi connectivity index (χ4n) is 9.71. The van der Waals surface area contributed by atoms with E-state index in [-0.39, 0.29) is 6.71 Å². The standard InChI is InChI=1S/C45H47BN2/c1-30-26-43-45-44(27-30)48(40-21-13-11-15-32(40)3)42-25-23-36(34-18-8-5-9-19-34)29-38(42)46(45)37-28-35(33-16-6-4-7-17-33)22-24-41(37)47(43)39-20-12-10-14-31(39)2/h10-15,20-29,33-34H,4-9,16-19H2,1-3H3. The summed E-state index contributed by atoms with van der Waals surface area (Å²) in [6.07, 6.45) is 13.4. The Bertz CT molecular complexity index is 1870.